The maximum absolute atomic E-state index is 11.8. The summed E-state index contributed by atoms with van der Waals surface area (Å²) in [5.41, 5.74) is 8.27. The molecule has 96 valence electrons. The van der Waals surface area contributed by atoms with Crippen LogP contribution in [0, 0.1) is 0 Å². The largest absolute Gasteiger partial charge is 0.375 e. The molecule has 2 N–H and O–H groups in total. The van der Waals surface area contributed by atoms with Gasteiger partial charge in [-0.05, 0) is 30.5 Å². The van der Waals surface area contributed by atoms with Crippen molar-refractivity contribution in [3.63, 3.8) is 0 Å². The number of nitrogens with two attached hydrogens (primary N) is 1. The van der Waals surface area contributed by atoms with E-state index in [9.17, 15) is 8.42 Å². The zero-order valence-corrected chi connectivity index (χ0v) is 11.5. The van der Waals surface area contributed by atoms with E-state index in [4.69, 9.17) is 5.73 Å². The van der Waals surface area contributed by atoms with Gasteiger partial charge < -0.3 is 5.73 Å². The van der Waals surface area contributed by atoms with Crippen molar-refractivity contribution in [3.8, 4) is 0 Å². The topological polar surface area (TPSA) is 76.3 Å². The average molecular weight is 283 g/mol. The van der Waals surface area contributed by atoms with Gasteiger partial charge in [-0.15, -0.1) is 0 Å². The van der Waals surface area contributed by atoms with Gasteiger partial charge in [0.25, 0.3) is 0 Å². The molecule has 3 rings (SSSR count). The highest BCUT2D eigenvalue weighted by Crippen LogP contribution is 2.35. The van der Waals surface area contributed by atoms with Crippen molar-refractivity contribution >= 4 is 42.4 Å². The molecule has 2 aromatic rings. The minimum absolute atomic E-state index is 0.512. The lowest BCUT2D eigenvalue weighted by Gasteiger charge is -2.29. The Balaban J connectivity index is 2.25. The van der Waals surface area contributed by atoms with Gasteiger partial charge in [-0.25, -0.2) is 13.4 Å². The normalized spacial score (nSPS) is 15.9. The van der Waals surface area contributed by atoms with E-state index in [1.54, 1.807) is 0 Å². The number of benzene rings is 1. The summed E-state index contributed by atoms with van der Waals surface area (Å²) in [5, 5.41) is 0.512. The Labute approximate surface area is 109 Å². The number of hydrogen-bond donors (Lipinski definition) is 1. The van der Waals surface area contributed by atoms with Crippen LogP contribution < -0.4 is 10.0 Å². The van der Waals surface area contributed by atoms with Crippen LogP contribution in [0.15, 0.2) is 12.1 Å². The number of hydrogen-bond acceptors (Lipinski definition) is 5. The second kappa shape index (κ2) is 3.83. The maximum Gasteiger partial charge on any atom is 0.232 e. The van der Waals surface area contributed by atoms with Gasteiger partial charge in [-0.1, -0.05) is 11.3 Å². The van der Waals surface area contributed by atoms with Crippen LogP contribution in [-0.4, -0.2) is 26.2 Å². The molecule has 0 fully saturated rings. The molecule has 0 amide bonds. The van der Waals surface area contributed by atoms with Crippen molar-refractivity contribution in [2.75, 3.05) is 22.8 Å². The molecule has 0 spiro atoms. The summed E-state index contributed by atoms with van der Waals surface area (Å²) in [4.78, 5) is 4.21. The summed E-state index contributed by atoms with van der Waals surface area (Å²) < 4.78 is 26.0. The zero-order chi connectivity index (χ0) is 12.9. The quantitative estimate of drug-likeness (QED) is 0.862. The molecular weight excluding hydrogens is 270 g/mol. The molecule has 0 saturated carbocycles. The van der Waals surface area contributed by atoms with Gasteiger partial charge in [-0.3, -0.25) is 4.31 Å². The number of nitrogen functional groups attached to an aromatic ring is 1. The minimum Gasteiger partial charge on any atom is -0.375 e. The molecule has 0 bridgehead atoms. The lowest BCUT2D eigenvalue weighted by molar-refractivity contribution is 0.592. The molecule has 18 heavy (non-hydrogen) atoms. The molecule has 1 aromatic carbocycles. The summed E-state index contributed by atoms with van der Waals surface area (Å²) in [6.45, 7) is 0.539. The third kappa shape index (κ3) is 1.83. The lowest BCUT2D eigenvalue weighted by Crippen LogP contribution is -2.34. The van der Waals surface area contributed by atoms with Crippen molar-refractivity contribution in [3.05, 3.63) is 17.7 Å². The fourth-order valence-corrected chi connectivity index (χ4v) is 4.10. The Kier molecular flexibility index (Phi) is 2.49. The number of thiazole rings is 1. The van der Waals surface area contributed by atoms with Crippen LogP contribution in [-0.2, 0) is 16.4 Å². The molecule has 5 nitrogen and oxygen atoms in total. The Morgan fingerprint density at radius 1 is 1.44 bits per heavy atom. The molecule has 7 heteroatoms. The maximum atomic E-state index is 11.8. The SMILES string of the molecule is CS(=O)(=O)N1CCCc2cc3sc(N)nc3cc21. The molecule has 0 unspecified atom stereocenters. The van der Waals surface area contributed by atoms with E-state index in [2.05, 4.69) is 4.98 Å². The Morgan fingerprint density at radius 3 is 2.94 bits per heavy atom. The second-order valence-electron chi connectivity index (χ2n) is 4.44. The number of aryl methyl sites for hydroxylation is 1. The van der Waals surface area contributed by atoms with E-state index in [0.717, 1.165) is 34.3 Å². The first kappa shape index (κ1) is 11.7. The third-order valence-electron chi connectivity index (χ3n) is 3.08. The van der Waals surface area contributed by atoms with Gasteiger partial charge in [0.15, 0.2) is 5.13 Å². The summed E-state index contributed by atoms with van der Waals surface area (Å²) in [5.74, 6) is 0. The van der Waals surface area contributed by atoms with Crippen LogP contribution in [0.1, 0.15) is 12.0 Å². The van der Waals surface area contributed by atoms with Crippen LogP contribution in [0.4, 0.5) is 10.8 Å². The molecule has 0 aliphatic carbocycles. The monoisotopic (exact) mass is 283 g/mol. The molecule has 0 saturated heterocycles. The van der Waals surface area contributed by atoms with Gasteiger partial charge in [-0.2, -0.15) is 0 Å². The summed E-state index contributed by atoms with van der Waals surface area (Å²) in [6, 6.07) is 3.84. The standard InChI is InChI=1S/C11H13N3O2S2/c1-18(15,16)14-4-2-3-7-5-10-8(6-9(7)14)13-11(12)17-10/h5-6H,2-4H2,1H3,(H2,12,13). The van der Waals surface area contributed by atoms with Gasteiger partial charge in [0.05, 0.1) is 22.2 Å². The summed E-state index contributed by atoms with van der Waals surface area (Å²) >= 11 is 1.43. The van der Waals surface area contributed by atoms with E-state index in [-0.39, 0.29) is 0 Å². The summed E-state index contributed by atoms with van der Waals surface area (Å²) in [6.07, 6.45) is 2.98. The zero-order valence-electron chi connectivity index (χ0n) is 9.88. The highest BCUT2D eigenvalue weighted by molar-refractivity contribution is 7.92. The highest BCUT2D eigenvalue weighted by Gasteiger charge is 2.24. The first-order valence-electron chi connectivity index (χ1n) is 5.62. The Bertz CT molecular complexity index is 721. The molecular formula is C11H13N3O2S2. The van der Waals surface area contributed by atoms with Crippen molar-refractivity contribution in [1.29, 1.82) is 0 Å². The van der Waals surface area contributed by atoms with Crippen LogP contribution in [0.25, 0.3) is 10.2 Å². The second-order valence-corrected chi connectivity index (χ2v) is 7.41. The van der Waals surface area contributed by atoms with E-state index < -0.39 is 10.0 Å². The van der Waals surface area contributed by atoms with Crippen LogP contribution in [0.2, 0.25) is 0 Å². The van der Waals surface area contributed by atoms with Crippen molar-refractivity contribution in [2.45, 2.75) is 12.8 Å². The molecule has 1 aliphatic rings. The third-order valence-corrected chi connectivity index (χ3v) is 5.11. The number of anilines is 2. The number of nitrogens with zero attached hydrogens (tertiary/aromatic N) is 2. The van der Waals surface area contributed by atoms with E-state index >= 15 is 0 Å². The van der Waals surface area contributed by atoms with E-state index in [1.165, 1.54) is 21.9 Å². The van der Waals surface area contributed by atoms with Crippen molar-refractivity contribution < 1.29 is 8.42 Å². The van der Waals surface area contributed by atoms with Crippen molar-refractivity contribution in [2.24, 2.45) is 0 Å². The number of fused-ring (bicyclic) bond motifs is 2. The van der Waals surface area contributed by atoms with Crippen LogP contribution >= 0.6 is 11.3 Å². The van der Waals surface area contributed by atoms with Crippen LogP contribution in [0.3, 0.4) is 0 Å². The van der Waals surface area contributed by atoms with Crippen LogP contribution in [0.5, 0.6) is 0 Å². The van der Waals surface area contributed by atoms with E-state index in [1.807, 2.05) is 12.1 Å². The Hall–Kier alpha value is -1.34. The van der Waals surface area contributed by atoms with Gasteiger partial charge in [0.2, 0.25) is 10.0 Å². The number of sulfonamides is 1. The molecule has 0 atom stereocenters. The minimum atomic E-state index is -3.22. The lowest BCUT2D eigenvalue weighted by atomic mass is 10.0. The number of rotatable bonds is 1. The smallest absolute Gasteiger partial charge is 0.232 e. The highest BCUT2D eigenvalue weighted by atomic mass is 32.2. The summed E-state index contributed by atoms with van der Waals surface area (Å²) in [7, 11) is -3.22. The predicted molar refractivity (Wildman–Crippen MR) is 74.5 cm³/mol. The fraction of sp³-hybridized carbons (Fsp3) is 0.364. The van der Waals surface area contributed by atoms with Crippen molar-refractivity contribution in [1.82, 2.24) is 4.98 Å². The molecule has 2 heterocycles. The number of aromatic nitrogens is 1. The first-order chi connectivity index (χ1) is 8.45. The predicted octanol–water partition coefficient (Wildman–Crippen LogP) is 1.59. The van der Waals surface area contributed by atoms with Gasteiger partial charge >= 0.3 is 0 Å². The van der Waals surface area contributed by atoms with E-state index in [0.29, 0.717) is 11.7 Å². The molecule has 1 aromatic heterocycles. The van der Waals surface area contributed by atoms with Gasteiger partial charge in [0.1, 0.15) is 0 Å². The Morgan fingerprint density at radius 2 is 2.22 bits per heavy atom. The first-order valence-corrected chi connectivity index (χ1v) is 8.28. The van der Waals surface area contributed by atoms with Gasteiger partial charge in [0, 0.05) is 6.54 Å². The fourth-order valence-electron chi connectivity index (χ4n) is 2.33. The molecule has 0 radical (unpaired) electrons. The average Bonchev–Trinajstić information content (AvgIpc) is 2.62. The molecule has 1 aliphatic heterocycles.